The summed E-state index contributed by atoms with van der Waals surface area (Å²) in [6, 6.07) is 9.77. The van der Waals surface area contributed by atoms with Gasteiger partial charge in [-0.15, -0.1) is 0 Å². The van der Waals surface area contributed by atoms with Gasteiger partial charge in [-0.2, -0.15) is 0 Å². The van der Waals surface area contributed by atoms with Crippen molar-refractivity contribution in [1.29, 1.82) is 0 Å². The van der Waals surface area contributed by atoms with Crippen molar-refractivity contribution in [1.82, 2.24) is 5.32 Å². The molecule has 0 amide bonds. The van der Waals surface area contributed by atoms with Crippen LogP contribution in [0.3, 0.4) is 0 Å². The lowest BCUT2D eigenvalue weighted by atomic mass is 9.98. The van der Waals surface area contributed by atoms with Gasteiger partial charge in [0.15, 0.2) is 0 Å². The number of esters is 1. The molecule has 0 N–H and O–H groups in total. The molecule has 0 aliphatic carbocycles. The molecule has 3 heteroatoms. The molecule has 1 aromatic carbocycles. The van der Waals surface area contributed by atoms with E-state index in [4.69, 9.17) is 4.74 Å². The van der Waals surface area contributed by atoms with Crippen molar-refractivity contribution in [2.75, 3.05) is 13.1 Å². The third-order valence-electron chi connectivity index (χ3n) is 2.83. The maximum Gasteiger partial charge on any atom is 0.309 e. The van der Waals surface area contributed by atoms with Gasteiger partial charge in [0.1, 0.15) is 6.61 Å². The van der Waals surface area contributed by atoms with Crippen molar-refractivity contribution in [2.45, 2.75) is 19.4 Å². The fourth-order valence-corrected chi connectivity index (χ4v) is 1.83. The van der Waals surface area contributed by atoms with Gasteiger partial charge in [0.25, 0.3) is 0 Å². The number of piperidine rings is 1. The molecule has 16 heavy (non-hydrogen) atoms. The molecule has 1 aromatic rings. The molecular formula is C13H16NO2. The van der Waals surface area contributed by atoms with Gasteiger partial charge in [0.05, 0.1) is 5.92 Å². The molecule has 1 aliphatic rings. The van der Waals surface area contributed by atoms with E-state index in [-0.39, 0.29) is 11.9 Å². The molecule has 0 atom stereocenters. The predicted molar refractivity (Wildman–Crippen MR) is 60.8 cm³/mol. The third-order valence-corrected chi connectivity index (χ3v) is 2.83. The highest BCUT2D eigenvalue weighted by Gasteiger charge is 2.22. The summed E-state index contributed by atoms with van der Waals surface area (Å²) in [5.74, 6) is -0.0139. The van der Waals surface area contributed by atoms with Crippen LogP contribution in [0, 0.1) is 5.92 Å². The van der Waals surface area contributed by atoms with E-state index in [0.717, 1.165) is 31.5 Å². The second-order valence-electron chi connectivity index (χ2n) is 4.04. The van der Waals surface area contributed by atoms with E-state index in [1.165, 1.54) is 0 Å². The molecule has 2 rings (SSSR count). The number of hydrogen-bond acceptors (Lipinski definition) is 2. The highest BCUT2D eigenvalue weighted by molar-refractivity contribution is 5.72. The molecule has 0 unspecified atom stereocenters. The summed E-state index contributed by atoms with van der Waals surface area (Å²) in [7, 11) is 0. The molecule has 1 heterocycles. The second kappa shape index (κ2) is 5.66. The number of carbonyl (C=O) groups excluding carboxylic acids is 1. The van der Waals surface area contributed by atoms with Crippen molar-refractivity contribution in [3.8, 4) is 0 Å². The Morgan fingerprint density at radius 2 is 1.94 bits per heavy atom. The quantitative estimate of drug-likeness (QED) is 0.725. The third kappa shape index (κ3) is 3.07. The predicted octanol–water partition coefficient (Wildman–Crippen LogP) is 1.74. The van der Waals surface area contributed by atoms with Gasteiger partial charge in [0.2, 0.25) is 0 Å². The molecular weight excluding hydrogens is 202 g/mol. The lowest BCUT2D eigenvalue weighted by Gasteiger charge is -2.19. The van der Waals surface area contributed by atoms with Gasteiger partial charge >= 0.3 is 5.97 Å². The van der Waals surface area contributed by atoms with Crippen molar-refractivity contribution < 1.29 is 9.53 Å². The maximum atomic E-state index is 11.7. The van der Waals surface area contributed by atoms with Crippen LogP contribution in [0.25, 0.3) is 0 Å². The van der Waals surface area contributed by atoms with E-state index in [1.807, 2.05) is 30.3 Å². The molecule has 1 saturated heterocycles. The van der Waals surface area contributed by atoms with Crippen LogP contribution in [-0.4, -0.2) is 19.1 Å². The van der Waals surface area contributed by atoms with Crippen LogP contribution in [0.1, 0.15) is 18.4 Å². The molecule has 0 spiro atoms. The summed E-state index contributed by atoms with van der Waals surface area (Å²) < 4.78 is 5.29. The number of carbonyl (C=O) groups is 1. The maximum absolute atomic E-state index is 11.7. The standard InChI is InChI=1S/C13H16NO2/c15-13(12-6-8-14-9-7-12)16-10-11-4-2-1-3-5-11/h1-5,12H,6-10H2. The molecule has 3 nitrogen and oxygen atoms in total. The van der Waals surface area contributed by atoms with E-state index in [2.05, 4.69) is 5.32 Å². The van der Waals surface area contributed by atoms with E-state index in [0.29, 0.717) is 6.61 Å². The summed E-state index contributed by atoms with van der Waals surface area (Å²) in [6.07, 6.45) is 1.68. The summed E-state index contributed by atoms with van der Waals surface area (Å²) in [4.78, 5) is 11.7. The van der Waals surface area contributed by atoms with Crippen LogP contribution in [0.15, 0.2) is 30.3 Å². The first kappa shape index (κ1) is 11.1. The molecule has 1 aliphatic heterocycles. The number of ether oxygens (including phenoxy) is 1. The van der Waals surface area contributed by atoms with E-state index in [1.54, 1.807) is 0 Å². The zero-order chi connectivity index (χ0) is 11.2. The Kier molecular flexibility index (Phi) is 3.94. The largest absolute Gasteiger partial charge is 0.461 e. The molecule has 1 radical (unpaired) electrons. The minimum absolute atomic E-state index is 0.0567. The van der Waals surface area contributed by atoms with E-state index < -0.39 is 0 Å². The summed E-state index contributed by atoms with van der Waals surface area (Å²) in [6.45, 7) is 1.98. The SMILES string of the molecule is O=C(OCc1ccccc1)C1CC[N]CC1. The topological polar surface area (TPSA) is 40.4 Å². The van der Waals surface area contributed by atoms with Gasteiger partial charge < -0.3 is 4.74 Å². The fraction of sp³-hybridized carbons (Fsp3) is 0.462. The highest BCUT2D eigenvalue weighted by Crippen LogP contribution is 2.15. The Balaban J connectivity index is 1.79. The molecule has 85 valence electrons. The summed E-state index contributed by atoms with van der Waals surface area (Å²) in [5.41, 5.74) is 1.04. The zero-order valence-electron chi connectivity index (χ0n) is 9.26. The van der Waals surface area contributed by atoms with Crippen LogP contribution in [0.2, 0.25) is 0 Å². The highest BCUT2D eigenvalue weighted by atomic mass is 16.5. The fourth-order valence-electron chi connectivity index (χ4n) is 1.83. The molecule has 0 bridgehead atoms. The number of hydrogen-bond donors (Lipinski definition) is 0. The van der Waals surface area contributed by atoms with Crippen LogP contribution >= 0.6 is 0 Å². The average Bonchev–Trinajstić information content (AvgIpc) is 2.38. The van der Waals surface area contributed by atoms with Gasteiger partial charge in [-0.05, 0) is 18.4 Å². The second-order valence-corrected chi connectivity index (χ2v) is 4.04. The minimum atomic E-state index is -0.0706. The number of rotatable bonds is 3. The Hall–Kier alpha value is -1.35. The monoisotopic (exact) mass is 218 g/mol. The van der Waals surface area contributed by atoms with Gasteiger partial charge in [-0.25, -0.2) is 5.32 Å². The van der Waals surface area contributed by atoms with Gasteiger partial charge in [-0.1, -0.05) is 30.3 Å². The van der Waals surface area contributed by atoms with Crippen molar-refractivity contribution >= 4 is 5.97 Å². The van der Waals surface area contributed by atoms with Crippen molar-refractivity contribution in [3.05, 3.63) is 35.9 Å². The number of nitrogens with zero attached hydrogens (tertiary/aromatic N) is 1. The summed E-state index contributed by atoms with van der Waals surface area (Å²) in [5, 5.41) is 4.22. The lowest BCUT2D eigenvalue weighted by molar-refractivity contribution is -0.150. The molecule has 0 saturated carbocycles. The first-order valence-corrected chi connectivity index (χ1v) is 5.70. The summed E-state index contributed by atoms with van der Waals surface area (Å²) >= 11 is 0. The minimum Gasteiger partial charge on any atom is -0.461 e. The normalized spacial score (nSPS) is 17.0. The van der Waals surface area contributed by atoms with Crippen LogP contribution in [-0.2, 0) is 16.1 Å². The van der Waals surface area contributed by atoms with Crippen LogP contribution in [0.4, 0.5) is 0 Å². The van der Waals surface area contributed by atoms with Crippen molar-refractivity contribution in [3.63, 3.8) is 0 Å². The Bertz CT molecular complexity index is 331. The van der Waals surface area contributed by atoms with Gasteiger partial charge in [0, 0.05) is 13.1 Å². The van der Waals surface area contributed by atoms with Gasteiger partial charge in [-0.3, -0.25) is 4.79 Å². The Morgan fingerprint density at radius 3 is 2.62 bits per heavy atom. The van der Waals surface area contributed by atoms with Crippen molar-refractivity contribution in [2.24, 2.45) is 5.92 Å². The molecule has 0 aromatic heterocycles. The Labute approximate surface area is 95.8 Å². The first-order valence-electron chi connectivity index (χ1n) is 5.70. The smallest absolute Gasteiger partial charge is 0.309 e. The first-order chi connectivity index (χ1) is 7.86. The average molecular weight is 218 g/mol. The van der Waals surface area contributed by atoms with E-state index >= 15 is 0 Å². The Morgan fingerprint density at radius 1 is 1.25 bits per heavy atom. The van der Waals surface area contributed by atoms with E-state index in [9.17, 15) is 4.79 Å². The number of benzene rings is 1. The molecule has 1 fully saturated rings. The van der Waals surface area contributed by atoms with Crippen LogP contribution in [0.5, 0.6) is 0 Å². The zero-order valence-corrected chi connectivity index (χ0v) is 9.26. The van der Waals surface area contributed by atoms with Crippen LogP contribution < -0.4 is 5.32 Å². The lowest BCUT2D eigenvalue weighted by Crippen LogP contribution is -2.29.